The molecular formula is C12H12Br2ClN3. The van der Waals surface area contributed by atoms with E-state index in [2.05, 4.69) is 60.5 Å². The quantitative estimate of drug-likeness (QED) is 0.699. The van der Waals surface area contributed by atoms with Gasteiger partial charge in [0.05, 0.1) is 5.33 Å². The lowest BCUT2D eigenvalue weighted by atomic mass is 10.2. The van der Waals surface area contributed by atoms with Crippen LogP contribution >= 0.6 is 43.5 Å². The fourth-order valence-corrected chi connectivity index (χ4v) is 2.79. The molecule has 0 bridgehead atoms. The summed E-state index contributed by atoms with van der Waals surface area (Å²) in [6, 6.07) is 5.95. The van der Waals surface area contributed by atoms with Crippen molar-refractivity contribution in [2.75, 3.05) is 0 Å². The third-order valence-electron chi connectivity index (χ3n) is 2.57. The lowest BCUT2D eigenvalue weighted by molar-refractivity contribution is 0.586. The minimum Gasteiger partial charge on any atom is -0.308 e. The van der Waals surface area contributed by atoms with Crippen LogP contribution in [0.25, 0.3) is 11.4 Å². The smallest absolute Gasteiger partial charge is 0.165 e. The molecule has 3 nitrogen and oxygen atoms in total. The van der Waals surface area contributed by atoms with E-state index in [1.54, 1.807) is 0 Å². The van der Waals surface area contributed by atoms with E-state index in [9.17, 15) is 0 Å². The molecule has 0 radical (unpaired) electrons. The minimum absolute atomic E-state index is 0.286. The van der Waals surface area contributed by atoms with Gasteiger partial charge < -0.3 is 4.57 Å². The van der Waals surface area contributed by atoms with Gasteiger partial charge in [-0.2, -0.15) is 0 Å². The van der Waals surface area contributed by atoms with E-state index in [1.807, 2.05) is 18.2 Å². The highest BCUT2D eigenvalue weighted by Crippen LogP contribution is 2.31. The molecule has 0 aliphatic carbocycles. The van der Waals surface area contributed by atoms with Crippen LogP contribution in [0.3, 0.4) is 0 Å². The predicted molar refractivity (Wildman–Crippen MR) is 81.2 cm³/mol. The van der Waals surface area contributed by atoms with Crippen molar-refractivity contribution in [3.8, 4) is 11.4 Å². The maximum atomic E-state index is 6.05. The molecule has 0 saturated heterocycles. The Labute approximate surface area is 128 Å². The summed E-state index contributed by atoms with van der Waals surface area (Å²) in [6.07, 6.45) is 0. The number of alkyl halides is 1. The molecule has 1 aromatic carbocycles. The van der Waals surface area contributed by atoms with Gasteiger partial charge in [0.25, 0.3) is 0 Å². The molecule has 1 heterocycles. The van der Waals surface area contributed by atoms with Crippen LogP contribution in [0.4, 0.5) is 0 Å². The zero-order valence-corrected chi connectivity index (χ0v) is 13.9. The zero-order valence-electron chi connectivity index (χ0n) is 9.99. The maximum Gasteiger partial charge on any atom is 0.165 e. The van der Waals surface area contributed by atoms with Gasteiger partial charge in [0.1, 0.15) is 5.82 Å². The Morgan fingerprint density at radius 1 is 1.33 bits per heavy atom. The molecule has 1 aromatic heterocycles. The number of hydrogen-bond acceptors (Lipinski definition) is 2. The molecule has 0 amide bonds. The number of nitrogens with zero attached hydrogens (tertiary/aromatic N) is 3. The summed E-state index contributed by atoms with van der Waals surface area (Å²) in [5, 5.41) is 9.84. The van der Waals surface area contributed by atoms with Gasteiger partial charge in [-0.1, -0.05) is 43.5 Å². The summed E-state index contributed by atoms with van der Waals surface area (Å²) in [7, 11) is 0. The normalized spacial score (nSPS) is 11.2. The number of rotatable bonds is 3. The van der Waals surface area contributed by atoms with E-state index in [0.717, 1.165) is 21.7 Å². The van der Waals surface area contributed by atoms with Crippen molar-refractivity contribution >= 4 is 43.5 Å². The van der Waals surface area contributed by atoms with Gasteiger partial charge in [-0.05, 0) is 32.0 Å². The number of benzene rings is 1. The fraction of sp³-hybridized carbons (Fsp3) is 0.333. The third-order valence-corrected chi connectivity index (χ3v) is 4.00. The summed E-state index contributed by atoms with van der Waals surface area (Å²) < 4.78 is 3.06. The molecule has 0 aliphatic rings. The standard InChI is InChI=1S/C12H12Br2ClN3/c1-7(2)18-11(6-13)16-17-12(18)9-5-8(15)3-4-10(9)14/h3-5,7H,6H2,1-2H3. The number of halogens is 3. The van der Waals surface area contributed by atoms with Crippen LogP contribution in [0.15, 0.2) is 22.7 Å². The molecule has 0 saturated carbocycles. The molecule has 96 valence electrons. The van der Waals surface area contributed by atoms with E-state index in [-0.39, 0.29) is 6.04 Å². The Morgan fingerprint density at radius 3 is 2.67 bits per heavy atom. The van der Waals surface area contributed by atoms with Crippen LogP contribution in [-0.2, 0) is 5.33 Å². The second-order valence-corrected chi connectivity index (χ2v) is 6.01. The number of aromatic nitrogens is 3. The summed E-state index contributed by atoms with van der Waals surface area (Å²) in [6.45, 7) is 4.22. The average Bonchev–Trinajstić information content (AvgIpc) is 2.75. The highest BCUT2D eigenvalue weighted by molar-refractivity contribution is 9.10. The third kappa shape index (κ3) is 2.63. The summed E-state index contributed by atoms with van der Waals surface area (Å²) in [5.41, 5.74) is 0.955. The summed E-state index contributed by atoms with van der Waals surface area (Å²) >= 11 is 13.0. The topological polar surface area (TPSA) is 30.7 Å². The van der Waals surface area contributed by atoms with Crippen molar-refractivity contribution in [1.29, 1.82) is 0 Å². The largest absolute Gasteiger partial charge is 0.308 e. The first-order chi connectivity index (χ1) is 8.54. The summed E-state index contributed by atoms with van der Waals surface area (Å²) in [5.74, 6) is 1.74. The molecule has 0 aliphatic heterocycles. The van der Waals surface area contributed by atoms with Crippen molar-refractivity contribution in [1.82, 2.24) is 14.8 Å². The maximum absolute atomic E-state index is 6.05. The van der Waals surface area contributed by atoms with E-state index in [4.69, 9.17) is 11.6 Å². The first-order valence-electron chi connectivity index (χ1n) is 5.49. The van der Waals surface area contributed by atoms with Crippen LogP contribution in [0, 0.1) is 0 Å². The Hall–Kier alpha value is -0.390. The first kappa shape index (κ1) is 14.0. The monoisotopic (exact) mass is 391 g/mol. The van der Waals surface area contributed by atoms with Gasteiger partial charge in [0, 0.05) is 21.1 Å². The Balaban J connectivity index is 2.63. The van der Waals surface area contributed by atoms with Gasteiger partial charge in [0.15, 0.2) is 5.82 Å². The molecule has 6 heteroatoms. The van der Waals surface area contributed by atoms with Crippen molar-refractivity contribution in [2.24, 2.45) is 0 Å². The molecule has 0 atom stereocenters. The Bertz CT molecular complexity index is 566. The van der Waals surface area contributed by atoms with Gasteiger partial charge in [-0.25, -0.2) is 0 Å². The molecule has 0 fully saturated rings. The Kier molecular flexibility index (Phi) is 4.45. The van der Waals surface area contributed by atoms with Gasteiger partial charge >= 0.3 is 0 Å². The molecule has 2 aromatic rings. The van der Waals surface area contributed by atoms with Crippen LogP contribution in [0.1, 0.15) is 25.7 Å². The fourth-order valence-electron chi connectivity index (χ4n) is 1.81. The Morgan fingerprint density at radius 2 is 2.06 bits per heavy atom. The minimum atomic E-state index is 0.286. The highest BCUT2D eigenvalue weighted by atomic mass is 79.9. The molecule has 18 heavy (non-hydrogen) atoms. The average molecular weight is 394 g/mol. The van der Waals surface area contributed by atoms with Crippen LogP contribution in [0.2, 0.25) is 5.02 Å². The SMILES string of the molecule is CC(C)n1c(CBr)nnc1-c1cc(Cl)ccc1Br. The van der Waals surface area contributed by atoms with Crippen molar-refractivity contribution in [2.45, 2.75) is 25.2 Å². The van der Waals surface area contributed by atoms with Gasteiger partial charge in [0.2, 0.25) is 0 Å². The second-order valence-electron chi connectivity index (χ2n) is 4.16. The van der Waals surface area contributed by atoms with Crippen LogP contribution in [0.5, 0.6) is 0 Å². The van der Waals surface area contributed by atoms with Crippen molar-refractivity contribution in [3.63, 3.8) is 0 Å². The zero-order chi connectivity index (χ0) is 13.3. The molecule has 2 rings (SSSR count). The van der Waals surface area contributed by atoms with Gasteiger partial charge in [-0.3, -0.25) is 0 Å². The van der Waals surface area contributed by atoms with E-state index < -0.39 is 0 Å². The summed E-state index contributed by atoms with van der Waals surface area (Å²) in [4.78, 5) is 0. The van der Waals surface area contributed by atoms with Crippen LogP contribution in [-0.4, -0.2) is 14.8 Å². The van der Waals surface area contributed by atoms with E-state index >= 15 is 0 Å². The predicted octanol–water partition coefficient (Wildman–Crippen LogP) is 4.84. The number of hydrogen-bond donors (Lipinski definition) is 0. The molecular weight excluding hydrogens is 381 g/mol. The first-order valence-corrected chi connectivity index (χ1v) is 7.79. The highest BCUT2D eigenvalue weighted by Gasteiger charge is 2.17. The van der Waals surface area contributed by atoms with E-state index in [1.165, 1.54) is 0 Å². The lowest BCUT2D eigenvalue weighted by Gasteiger charge is -2.14. The van der Waals surface area contributed by atoms with Gasteiger partial charge in [-0.15, -0.1) is 10.2 Å². The molecule has 0 N–H and O–H groups in total. The van der Waals surface area contributed by atoms with Crippen LogP contribution < -0.4 is 0 Å². The second kappa shape index (κ2) is 5.72. The lowest BCUT2D eigenvalue weighted by Crippen LogP contribution is -2.07. The van der Waals surface area contributed by atoms with Crippen molar-refractivity contribution < 1.29 is 0 Å². The molecule has 0 spiro atoms. The van der Waals surface area contributed by atoms with Crippen molar-refractivity contribution in [3.05, 3.63) is 33.5 Å². The van der Waals surface area contributed by atoms with E-state index in [0.29, 0.717) is 10.4 Å². The molecule has 0 unspecified atom stereocenters.